The van der Waals surface area contributed by atoms with E-state index in [4.69, 9.17) is 0 Å². The van der Waals surface area contributed by atoms with E-state index in [1.165, 1.54) is 38.5 Å². The van der Waals surface area contributed by atoms with Gasteiger partial charge < -0.3 is 5.32 Å². The third-order valence-electron chi connectivity index (χ3n) is 4.10. The highest BCUT2D eigenvalue weighted by Crippen LogP contribution is 2.28. The van der Waals surface area contributed by atoms with E-state index in [0.717, 1.165) is 16.6 Å². The zero-order chi connectivity index (χ0) is 13.8. The first-order valence-electron chi connectivity index (χ1n) is 7.43. The van der Waals surface area contributed by atoms with Crippen LogP contribution in [0.4, 0.5) is 5.69 Å². The molecule has 0 bridgehead atoms. The van der Waals surface area contributed by atoms with Crippen LogP contribution in [-0.4, -0.2) is 11.0 Å². The molecule has 1 N–H and O–H groups in total. The average molecular weight is 265 g/mol. The Kier molecular flexibility index (Phi) is 3.83. The lowest BCUT2D eigenvalue weighted by atomic mass is 10.1. The van der Waals surface area contributed by atoms with Crippen molar-refractivity contribution >= 4 is 16.6 Å². The van der Waals surface area contributed by atoms with Crippen LogP contribution in [0.15, 0.2) is 30.5 Å². The third-order valence-corrected chi connectivity index (χ3v) is 4.10. The second kappa shape index (κ2) is 5.92. The van der Waals surface area contributed by atoms with Crippen LogP contribution >= 0.6 is 0 Å². The zero-order valence-corrected chi connectivity index (χ0v) is 11.6. The molecule has 0 atom stereocenters. The summed E-state index contributed by atoms with van der Waals surface area (Å²) in [7, 11) is 0. The second-order valence-corrected chi connectivity index (χ2v) is 5.51. The fraction of sp³-hybridized carbons (Fsp3) is 0.412. The van der Waals surface area contributed by atoms with E-state index in [0.29, 0.717) is 11.6 Å². The number of nitriles is 1. The maximum Gasteiger partial charge on any atom is 0.103 e. The van der Waals surface area contributed by atoms with Gasteiger partial charge in [-0.3, -0.25) is 4.98 Å². The van der Waals surface area contributed by atoms with Gasteiger partial charge in [-0.05, 0) is 18.9 Å². The van der Waals surface area contributed by atoms with Gasteiger partial charge in [-0.25, -0.2) is 0 Å². The van der Waals surface area contributed by atoms with Crippen LogP contribution in [0.2, 0.25) is 0 Å². The van der Waals surface area contributed by atoms with Gasteiger partial charge >= 0.3 is 0 Å². The van der Waals surface area contributed by atoms with Crippen molar-refractivity contribution in [2.24, 2.45) is 0 Å². The van der Waals surface area contributed by atoms with Crippen molar-refractivity contribution < 1.29 is 0 Å². The summed E-state index contributed by atoms with van der Waals surface area (Å²) in [5.74, 6) is 0. The summed E-state index contributed by atoms with van der Waals surface area (Å²) in [5, 5.41) is 14.0. The molecule has 3 nitrogen and oxygen atoms in total. The molecule has 20 heavy (non-hydrogen) atoms. The van der Waals surface area contributed by atoms with E-state index in [1.54, 1.807) is 6.20 Å². The summed E-state index contributed by atoms with van der Waals surface area (Å²) < 4.78 is 0. The van der Waals surface area contributed by atoms with Crippen molar-refractivity contribution in [2.45, 2.75) is 44.6 Å². The first-order valence-corrected chi connectivity index (χ1v) is 7.43. The molecule has 1 saturated carbocycles. The van der Waals surface area contributed by atoms with Crippen molar-refractivity contribution in [1.29, 1.82) is 5.26 Å². The summed E-state index contributed by atoms with van der Waals surface area (Å²) >= 11 is 0. The molecule has 0 unspecified atom stereocenters. The molecule has 3 heteroatoms. The Morgan fingerprint density at radius 1 is 1.10 bits per heavy atom. The summed E-state index contributed by atoms with van der Waals surface area (Å²) in [5.41, 5.74) is 2.56. The van der Waals surface area contributed by atoms with Crippen LogP contribution in [0.25, 0.3) is 10.9 Å². The summed E-state index contributed by atoms with van der Waals surface area (Å²) in [6.45, 7) is 0. The molecule has 102 valence electrons. The van der Waals surface area contributed by atoms with Crippen LogP contribution in [0.3, 0.4) is 0 Å². The minimum absolute atomic E-state index is 0.482. The lowest BCUT2D eigenvalue weighted by molar-refractivity contribution is 0.620. The Hall–Kier alpha value is -2.08. The molecular weight excluding hydrogens is 246 g/mol. The van der Waals surface area contributed by atoms with E-state index >= 15 is 0 Å². The summed E-state index contributed by atoms with van der Waals surface area (Å²) in [6, 6.07) is 10.8. The van der Waals surface area contributed by atoms with E-state index in [-0.39, 0.29) is 0 Å². The molecule has 0 radical (unpaired) electrons. The molecule has 3 rings (SSSR count). The lowest BCUT2D eigenvalue weighted by Crippen LogP contribution is -2.19. The molecule has 1 fully saturated rings. The number of hydrogen-bond donors (Lipinski definition) is 1. The normalized spacial score (nSPS) is 16.6. The predicted molar refractivity (Wildman–Crippen MR) is 81.6 cm³/mol. The molecule has 0 amide bonds. The van der Waals surface area contributed by atoms with Crippen molar-refractivity contribution in [3.05, 3.63) is 36.0 Å². The zero-order valence-electron chi connectivity index (χ0n) is 11.6. The number of aromatic nitrogens is 1. The molecule has 1 aliphatic rings. The van der Waals surface area contributed by atoms with Crippen molar-refractivity contribution in [2.75, 3.05) is 5.32 Å². The smallest absolute Gasteiger partial charge is 0.103 e. The summed E-state index contributed by atoms with van der Waals surface area (Å²) in [6.07, 6.45) is 9.30. The van der Waals surface area contributed by atoms with Crippen LogP contribution < -0.4 is 5.32 Å². The number of benzene rings is 1. The Bertz CT molecular complexity index is 634. The predicted octanol–water partition coefficient (Wildman–Crippen LogP) is 4.24. The maximum absolute atomic E-state index is 9.33. The Morgan fingerprint density at radius 3 is 2.60 bits per heavy atom. The number of fused-ring (bicyclic) bond motifs is 1. The monoisotopic (exact) mass is 265 g/mol. The van der Waals surface area contributed by atoms with Crippen LogP contribution in [0.1, 0.15) is 44.1 Å². The SMILES string of the molecule is N#Cc1cnc2ccccc2c1NC1CCCCCC1. The van der Waals surface area contributed by atoms with E-state index in [9.17, 15) is 5.26 Å². The lowest BCUT2D eigenvalue weighted by Gasteiger charge is -2.19. The highest BCUT2D eigenvalue weighted by atomic mass is 14.9. The molecular formula is C17H19N3. The Morgan fingerprint density at radius 2 is 1.85 bits per heavy atom. The number of nitrogens with zero attached hydrogens (tertiary/aromatic N) is 2. The average Bonchev–Trinajstić information content (AvgIpc) is 2.76. The third kappa shape index (κ3) is 2.60. The standard InChI is InChI=1S/C17H19N3/c18-11-13-12-19-16-10-6-5-9-15(16)17(13)20-14-7-3-1-2-4-8-14/h5-6,9-10,12,14H,1-4,7-8H2,(H,19,20). The Labute approximate surface area is 119 Å². The van der Waals surface area contributed by atoms with Gasteiger partial charge in [-0.15, -0.1) is 0 Å². The van der Waals surface area contributed by atoms with E-state index < -0.39 is 0 Å². The fourth-order valence-corrected chi connectivity index (χ4v) is 3.01. The number of nitrogens with one attached hydrogen (secondary N) is 1. The van der Waals surface area contributed by atoms with Gasteiger partial charge in [0, 0.05) is 17.6 Å². The van der Waals surface area contributed by atoms with E-state index in [1.807, 2.05) is 24.3 Å². The number of para-hydroxylation sites is 1. The van der Waals surface area contributed by atoms with Gasteiger partial charge in [0.05, 0.1) is 16.8 Å². The topological polar surface area (TPSA) is 48.7 Å². The van der Waals surface area contributed by atoms with Gasteiger partial charge in [0.2, 0.25) is 0 Å². The van der Waals surface area contributed by atoms with Crippen molar-refractivity contribution in [3.63, 3.8) is 0 Å². The summed E-state index contributed by atoms with van der Waals surface area (Å²) in [4.78, 5) is 4.36. The largest absolute Gasteiger partial charge is 0.381 e. The number of rotatable bonds is 2. The second-order valence-electron chi connectivity index (χ2n) is 5.51. The van der Waals surface area contributed by atoms with Gasteiger partial charge in [0.1, 0.15) is 6.07 Å². The molecule has 1 aromatic heterocycles. The number of anilines is 1. The van der Waals surface area contributed by atoms with Crippen LogP contribution in [0, 0.1) is 11.3 Å². The molecule has 1 aromatic carbocycles. The minimum atomic E-state index is 0.482. The molecule has 1 aliphatic carbocycles. The highest BCUT2D eigenvalue weighted by molar-refractivity contribution is 5.93. The Balaban J connectivity index is 1.98. The first-order chi connectivity index (χ1) is 9.88. The van der Waals surface area contributed by atoms with E-state index in [2.05, 4.69) is 16.4 Å². The molecule has 0 aliphatic heterocycles. The minimum Gasteiger partial charge on any atom is -0.381 e. The van der Waals surface area contributed by atoms with Crippen molar-refractivity contribution in [3.8, 4) is 6.07 Å². The molecule has 1 heterocycles. The van der Waals surface area contributed by atoms with Crippen molar-refractivity contribution in [1.82, 2.24) is 4.98 Å². The number of pyridine rings is 1. The molecule has 0 spiro atoms. The maximum atomic E-state index is 9.33. The highest BCUT2D eigenvalue weighted by Gasteiger charge is 2.15. The van der Waals surface area contributed by atoms with Crippen LogP contribution in [0.5, 0.6) is 0 Å². The van der Waals surface area contributed by atoms with Gasteiger partial charge in [0.15, 0.2) is 0 Å². The van der Waals surface area contributed by atoms with Crippen LogP contribution in [-0.2, 0) is 0 Å². The van der Waals surface area contributed by atoms with Gasteiger partial charge in [-0.1, -0.05) is 43.9 Å². The van der Waals surface area contributed by atoms with Gasteiger partial charge in [-0.2, -0.15) is 5.26 Å². The van der Waals surface area contributed by atoms with Gasteiger partial charge in [0.25, 0.3) is 0 Å². The quantitative estimate of drug-likeness (QED) is 0.826. The number of hydrogen-bond acceptors (Lipinski definition) is 3. The first kappa shape index (κ1) is 12.9. The molecule has 0 saturated heterocycles. The molecule has 2 aromatic rings. The fourth-order valence-electron chi connectivity index (χ4n) is 3.01.